The second-order valence-electron chi connectivity index (χ2n) is 6.11. The minimum Gasteiger partial charge on any atom is -0.361 e. The summed E-state index contributed by atoms with van der Waals surface area (Å²) in [5.74, 6) is -0.127. The SMILES string of the molecule is Cc1cccc2c(C(CCC#N)c3ccc(C(F)(F)F)cc3)c[nH]c12. The van der Waals surface area contributed by atoms with Crippen molar-refractivity contribution in [1.82, 2.24) is 4.98 Å². The van der Waals surface area contributed by atoms with Crippen molar-refractivity contribution >= 4 is 10.9 Å². The van der Waals surface area contributed by atoms with Crippen molar-refractivity contribution in [3.63, 3.8) is 0 Å². The van der Waals surface area contributed by atoms with Gasteiger partial charge in [-0.25, -0.2) is 0 Å². The molecule has 1 heterocycles. The molecule has 5 heteroatoms. The summed E-state index contributed by atoms with van der Waals surface area (Å²) in [6.07, 6.45) is -1.55. The van der Waals surface area contributed by atoms with E-state index in [1.54, 1.807) is 0 Å². The number of benzene rings is 2. The Morgan fingerprint density at radius 2 is 1.84 bits per heavy atom. The lowest BCUT2D eigenvalue weighted by Crippen LogP contribution is -2.06. The zero-order chi connectivity index (χ0) is 18.0. The summed E-state index contributed by atoms with van der Waals surface area (Å²) in [4.78, 5) is 3.26. The Balaban J connectivity index is 2.05. The molecule has 3 rings (SSSR count). The first-order valence-electron chi connectivity index (χ1n) is 8.02. The molecule has 0 spiro atoms. The lowest BCUT2D eigenvalue weighted by molar-refractivity contribution is -0.137. The molecule has 0 fully saturated rings. The van der Waals surface area contributed by atoms with Crippen LogP contribution in [0.25, 0.3) is 10.9 Å². The fourth-order valence-electron chi connectivity index (χ4n) is 3.23. The number of H-pyrrole nitrogens is 1. The van der Waals surface area contributed by atoms with Crippen molar-refractivity contribution in [2.24, 2.45) is 0 Å². The molecule has 1 unspecified atom stereocenters. The largest absolute Gasteiger partial charge is 0.416 e. The van der Waals surface area contributed by atoms with E-state index in [2.05, 4.69) is 11.1 Å². The van der Waals surface area contributed by atoms with Gasteiger partial charge in [0.25, 0.3) is 0 Å². The van der Waals surface area contributed by atoms with Crippen molar-refractivity contribution in [3.05, 3.63) is 70.9 Å². The molecule has 25 heavy (non-hydrogen) atoms. The number of hydrogen-bond acceptors (Lipinski definition) is 1. The van der Waals surface area contributed by atoms with Crippen LogP contribution in [0.5, 0.6) is 0 Å². The molecule has 0 amide bonds. The summed E-state index contributed by atoms with van der Waals surface area (Å²) in [6, 6.07) is 13.3. The normalized spacial score (nSPS) is 12.9. The zero-order valence-electron chi connectivity index (χ0n) is 13.7. The Bertz CT molecular complexity index is 915. The quantitative estimate of drug-likeness (QED) is 0.627. The van der Waals surface area contributed by atoms with Gasteiger partial charge in [-0.1, -0.05) is 30.3 Å². The third-order valence-corrected chi connectivity index (χ3v) is 4.52. The number of halogens is 3. The molecule has 1 N–H and O–H groups in total. The Kier molecular flexibility index (Phi) is 4.54. The third-order valence-electron chi connectivity index (χ3n) is 4.52. The van der Waals surface area contributed by atoms with Crippen LogP contribution in [-0.4, -0.2) is 4.98 Å². The minimum atomic E-state index is -4.35. The Labute approximate surface area is 143 Å². The first-order chi connectivity index (χ1) is 11.9. The molecule has 0 saturated carbocycles. The van der Waals surface area contributed by atoms with E-state index in [-0.39, 0.29) is 5.92 Å². The average molecular weight is 342 g/mol. The predicted octanol–water partition coefficient (Wildman–Crippen LogP) is 5.93. The summed E-state index contributed by atoms with van der Waals surface area (Å²) in [5.41, 5.74) is 3.26. The molecular formula is C20H17F3N2. The van der Waals surface area contributed by atoms with Gasteiger partial charge in [-0.3, -0.25) is 0 Å². The van der Waals surface area contributed by atoms with Gasteiger partial charge in [0.15, 0.2) is 0 Å². The first-order valence-corrected chi connectivity index (χ1v) is 8.02. The highest BCUT2D eigenvalue weighted by atomic mass is 19.4. The number of para-hydroxylation sites is 1. The molecule has 1 aromatic heterocycles. The highest BCUT2D eigenvalue weighted by Crippen LogP contribution is 2.36. The molecule has 3 aromatic rings. The maximum Gasteiger partial charge on any atom is 0.416 e. The summed E-state index contributed by atoms with van der Waals surface area (Å²) in [5, 5.41) is 10.0. The van der Waals surface area contributed by atoms with Gasteiger partial charge < -0.3 is 4.98 Å². The summed E-state index contributed by atoms with van der Waals surface area (Å²) in [6.45, 7) is 2.00. The van der Waals surface area contributed by atoms with Crippen LogP contribution in [0.15, 0.2) is 48.7 Å². The molecule has 0 aliphatic heterocycles. The number of nitrogens with zero attached hydrogens (tertiary/aromatic N) is 1. The van der Waals surface area contributed by atoms with Crippen LogP contribution in [0, 0.1) is 18.3 Å². The Morgan fingerprint density at radius 1 is 1.12 bits per heavy atom. The molecule has 2 aromatic carbocycles. The number of aromatic nitrogens is 1. The maximum absolute atomic E-state index is 12.8. The molecule has 0 saturated heterocycles. The van der Waals surface area contributed by atoms with Gasteiger partial charge in [0.2, 0.25) is 0 Å². The van der Waals surface area contributed by atoms with Crippen LogP contribution in [0.1, 0.15) is 41.0 Å². The first kappa shape index (κ1) is 17.1. The van der Waals surface area contributed by atoms with E-state index in [0.717, 1.165) is 39.7 Å². The van der Waals surface area contributed by atoms with Gasteiger partial charge in [0, 0.05) is 29.4 Å². The number of rotatable bonds is 4. The number of aromatic amines is 1. The number of aryl methyl sites for hydroxylation is 1. The van der Waals surface area contributed by atoms with Crippen LogP contribution >= 0.6 is 0 Å². The highest BCUT2D eigenvalue weighted by molar-refractivity contribution is 5.86. The number of nitrogens with one attached hydrogen (secondary N) is 1. The van der Waals surface area contributed by atoms with E-state index in [1.165, 1.54) is 12.1 Å². The van der Waals surface area contributed by atoms with Crippen molar-refractivity contribution < 1.29 is 13.2 Å². The average Bonchev–Trinajstić information content (AvgIpc) is 3.00. The zero-order valence-corrected chi connectivity index (χ0v) is 13.7. The molecule has 0 bridgehead atoms. The van der Waals surface area contributed by atoms with Gasteiger partial charge in [-0.15, -0.1) is 0 Å². The van der Waals surface area contributed by atoms with E-state index in [4.69, 9.17) is 5.26 Å². The molecule has 1 atom stereocenters. The van der Waals surface area contributed by atoms with E-state index in [1.807, 2.05) is 31.3 Å². The van der Waals surface area contributed by atoms with Gasteiger partial charge in [0.05, 0.1) is 11.6 Å². The van der Waals surface area contributed by atoms with E-state index >= 15 is 0 Å². The fourth-order valence-corrected chi connectivity index (χ4v) is 3.23. The Hall–Kier alpha value is -2.74. The van der Waals surface area contributed by atoms with Crippen molar-refractivity contribution in [3.8, 4) is 6.07 Å². The second-order valence-corrected chi connectivity index (χ2v) is 6.11. The highest BCUT2D eigenvalue weighted by Gasteiger charge is 2.30. The molecular weight excluding hydrogens is 325 g/mol. The summed E-state index contributed by atoms with van der Waals surface area (Å²) in [7, 11) is 0. The maximum atomic E-state index is 12.8. The fraction of sp³-hybridized carbons (Fsp3) is 0.250. The van der Waals surface area contributed by atoms with E-state index in [0.29, 0.717) is 12.8 Å². The van der Waals surface area contributed by atoms with Gasteiger partial charge in [-0.05, 0) is 42.2 Å². The lowest BCUT2D eigenvalue weighted by atomic mass is 9.87. The van der Waals surface area contributed by atoms with E-state index < -0.39 is 11.7 Å². The number of fused-ring (bicyclic) bond motifs is 1. The number of alkyl halides is 3. The minimum absolute atomic E-state index is 0.127. The van der Waals surface area contributed by atoms with Crippen LogP contribution in [0.3, 0.4) is 0 Å². The second kappa shape index (κ2) is 6.64. The Morgan fingerprint density at radius 3 is 2.48 bits per heavy atom. The van der Waals surface area contributed by atoms with E-state index in [9.17, 15) is 13.2 Å². The molecule has 0 aliphatic rings. The summed E-state index contributed by atoms with van der Waals surface area (Å²) < 4.78 is 38.4. The third kappa shape index (κ3) is 3.39. The topological polar surface area (TPSA) is 39.6 Å². The summed E-state index contributed by atoms with van der Waals surface area (Å²) >= 11 is 0. The van der Waals surface area contributed by atoms with Crippen molar-refractivity contribution in [2.45, 2.75) is 31.9 Å². The van der Waals surface area contributed by atoms with Crippen LogP contribution in [-0.2, 0) is 6.18 Å². The number of hydrogen-bond donors (Lipinski definition) is 1. The van der Waals surface area contributed by atoms with Crippen LogP contribution < -0.4 is 0 Å². The predicted molar refractivity (Wildman–Crippen MR) is 91.2 cm³/mol. The molecule has 0 radical (unpaired) electrons. The van der Waals surface area contributed by atoms with Crippen molar-refractivity contribution in [1.29, 1.82) is 5.26 Å². The molecule has 128 valence electrons. The van der Waals surface area contributed by atoms with Gasteiger partial charge in [-0.2, -0.15) is 18.4 Å². The van der Waals surface area contributed by atoms with Gasteiger partial charge >= 0.3 is 6.18 Å². The lowest BCUT2D eigenvalue weighted by Gasteiger charge is -2.17. The molecule has 2 nitrogen and oxygen atoms in total. The standard InChI is InChI=1S/C20H17F3N2/c1-13-4-2-5-17-18(12-25-19(13)17)16(6-3-11-24)14-7-9-15(10-8-14)20(21,22)23/h2,4-5,7-10,12,16,25H,3,6H2,1H3. The van der Waals surface area contributed by atoms with Crippen LogP contribution in [0.4, 0.5) is 13.2 Å². The smallest absolute Gasteiger partial charge is 0.361 e. The van der Waals surface area contributed by atoms with Crippen molar-refractivity contribution in [2.75, 3.05) is 0 Å². The molecule has 0 aliphatic carbocycles. The number of nitriles is 1. The van der Waals surface area contributed by atoms with Crippen LogP contribution in [0.2, 0.25) is 0 Å². The monoisotopic (exact) mass is 342 g/mol. The van der Waals surface area contributed by atoms with Gasteiger partial charge in [0.1, 0.15) is 0 Å².